The number of rotatable bonds is 9. The van der Waals surface area contributed by atoms with Gasteiger partial charge in [-0.3, -0.25) is 9.10 Å². The van der Waals surface area contributed by atoms with Crippen LogP contribution < -0.4 is 14.4 Å². The van der Waals surface area contributed by atoms with Crippen molar-refractivity contribution in [1.29, 1.82) is 0 Å². The minimum atomic E-state index is -4.00. The summed E-state index contributed by atoms with van der Waals surface area (Å²) in [5.74, 6) is 0.315. The van der Waals surface area contributed by atoms with E-state index in [1.165, 1.54) is 24.3 Å². The molecule has 0 saturated carbocycles. The molecule has 0 bridgehead atoms. The fraction of sp³-hybridized carbons (Fsp3) is 0.240. The summed E-state index contributed by atoms with van der Waals surface area (Å²) in [6.07, 6.45) is 0.645. The zero-order valence-corrected chi connectivity index (χ0v) is 20.4. The van der Waals surface area contributed by atoms with Gasteiger partial charge in [0.05, 0.1) is 23.7 Å². The molecule has 0 saturated heterocycles. The molecule has 8 heteroatoms. The number of ether oxygens (including phenoxy) is 1. The van der Waals surface area contributed by atoms with Gasteiger partial charge in [-0.2, -0.15) is 0 Å². The lowest BCUT2D eigenvalue weighted by Gasteiger charge is -2.26. The van der Waals surface area contributed by atoms with E-state index in [4.69, 9.17) is 16.3 Å². The quantitative estimate of drug-likeness (QED) is 0.455. The van der Waals surface area contributed by atoms with Crippen molar-refractivity contribution < 1.29 is 17.9 Å². The molecule has 3 rings (SSSR count). The molecule has 1 atom stereocenters. The molecular weight excluding hydrogens is 460 g/mol. The van der Waals surface area contributed by atoms with Crippen LogP contribution in [0.3, 0.4) is 0 Å². The Bertz CT molecular complexity index is 1180. The predicted octanol–water partition coefficient (Wildman–Crippen LogP) is 5.12. The summed E-state index contributed by atoms with van der Waals surface area (Å²) >= 11 is 5.93. The molecular formula is C25H27ClN2O4S. The first-order chi connectivity index (χ1) is 15.7. The highest BCUT2D eigenvalue weighted by atomic mass is 35.5. The van der Waals surface area contributed by atoms with Crippen molar-refractivity contribution in [2.24, 2.45) is 0 Å². The molecule has 0 spiro atoms. The Labute approximate surface area is 200 Å². The molecule has 1 N–H and O–H groups in total. The van der Waals surface area contributed by atoms with Crippen LogP contribution in [0, 0.1) is 6.92 Å². The molecule has 0 aliphatic carbocycles. The number of amides is 1. The van der Waals surface area contributed by atoms with E-state index in [0.717, 1.165) is 21.2 Å². The number of sulfonamides is 1. The second-order valence-corrected chi connectivity index (χ2v) is 9.90. The summed E-state index contributed by atoms with van der Waals surface area (Å²) in [4.78, 5) is 13.1. The minimum Gasteiger partial charge on any atom is -0.497 e. The number of hydrogen-bond acceptors (Lipinski definition) is 4. The van der Waals surface area contributed by atoms with Gasteiger partial charge in [0.15, 0.2) is 0 Å². The van der Waals surface area contributed by atoms with Gasteiger partial charge in [-0.15, -0.1) is 0 Å². The molecule has 0 aliphatic heterocycles. The Morgan fingerprint density at radius 1 is 1.00 bits per heavy atom. The third-order valence-corrected chi connectivity index (χ3v) is 7.31. The average Bonchev–Trinajstić information content (AvgIpc) is 2.82. The number of hydrogen-bond donors (Lipinski definition) is 1. The highest BCUT2D eigenvalue weighted by Crippen LogP contribution is 2.26. The summed E-state index contributed by atoms with van der Waals surface area (Å²) in [5.41, 5.74) is 2.30. The van der Waals surface area contributed by atoms with E-state index in [1.807, 2.05) is 50.2 Å². The smallest absolute Gasteiger partial charge is 0.264 e. The van der Waals surface area contributed by atoms with Gasteiger partial charge in [-0.05, 0) is 67.4 Å². The number of nitrogens with one attached hydrogen (secondary N) is 1. The van der Waals surface area contributed by atoms with Crippen LogP contribution >= 0.6 is 11.6 Å². The molecule has 0 heterocycles. The van der Waals surface area contributed by atoms with Gasteiger partial charge in [0, 0.05) is 5.02 Å². The minimum absolute atomic E-state index is 0.0578. The second kappa shape index (κ2) is 10.7. The lowest BCUT2D eigenvalue weighted by molar-refractivity contribution is -0.120. The first kappa shape index (κ1) is 24.6. The maximum Gasteiger partial charge on any atom is 0.264 e. The number of halogens is 1. The van der Waals surface area contributed by atoms with Gasteiger partial charge < -0.3 is 10.1 Å². The van der Waals surface area contributed by atoms with Gasteiger partial charge in [-0.25, -0.2) is 8.42 Å². The molecule has 33 heavy (non-hydrogen) atoms. The molecule has 0 aliphatic rings. The van der Waals surface area contributed by atoms with E-state index in [2.05, 4.69) is 5.32 Å². The van der Waals surface area contributed by atoms with E-state index in [1.54, 1.807) is 19.2 Å². The van der Waals surface area contributed by atoms with E-state index < -0.39 is 15.9 Å². The predicted molar refractivity (Wildman–Crippen MR) is 131 cm³/mol. The number of benzene rings is 3. The van der Waals surface area contributed by atoms with Crippen molar-refractivity contribution >= 4 is 33.2 Å². The standard InChI is InChI=1S/C25H27ClN2O4S/c1-4-24(19-7-13-22(32-3)14-8-19)27-25(29)17-28(21-11-5-18(2)6-12-21)33(30,31)23-15-9-20(26)10-16-23/h5-16,24H,4,17H2,1-3H3,(H,27,29)/t24-/m1/s1. The zero-order valence-electron chi connectivity index (χ0n) is 18.8. The van der Waals surface area contributed by atoms with Crippen LogP contribution in [-0.2, 0) is 14.8 Å². The highest BCUT2D eigenvalue weighted by Gasteiger charge is 2.28. The third kappa shape index (κ3) is 6.06. The molecule has 6 nitrogen and oxygen atoms in total. The van der Waals surface area contributed by atoms with Crippen molar-refractivity contribution in [2.75, 3.05) is 18.0 Å². The van der Waals surface area contributed by atoms with Crippen LogP contribution in [0.1, 0.15) is 30.5 Å². The maximum absolute atomic E-state index is 13.4. The number of methoxy groups -OCH3 is 1. The zero-order chi connectivity index (χ0) is 24.0. The lowest BCUT2D eigenvalue weighted by Crippen LogP contribution is -2.42. The normalized spacial score (nSPS) is 12.1. The lowest BCUT2D eigenvalue weighted by atomic mass is 10.0. The summed E-state index contributed by atoms with van der Waals surface area (Å²) in [6, 6.07) is 20.1. The van der Waals surface area contributed by atoms with Crippen molar-refractivity contribution in [2.45, 2.75) is 31.2 Å². The van der Waals surface area contributed by atoms with Crippen molar-refractivity contribution in [3.8, 4) is 5.75 Å². The van der Waals surface area contributed by atoms with Gasteiger partial charge in [0.25, 0.3) is 10.0 Å². The van der Waals surface area contributed by atoms with E-state index >= 15 is 0 Å². The first-order valence-electron chi connectivity index (χ1n) is 10.5. The Kier molecular flexibility index (Phi) is 8.00. The molecule has 174 valence electrons. The van der Waals surface area contributed by atoms with Crippen LogP contribution in [0.4, 0.5) is 5.69 Å². The largest absolute Gasteiger partial charge is 0.497 e. The number of nitrogens with zero attached hydrogens (tertiary/aromatic N) is 1. The van der Waals surface area contributed by atoms with Crippen molar-refractivity contribution in [3.63, 3.8) is 0 Å². The van der Waals surface area contributed by atoms with Crippen molar-refractivity contribution in [1.82, 2.24) is 5.32 Å². The van der Waals surface area contributed by atoms with Gasteiger partial charge in [0.1, 0.15) is 12.3 Å². The molecule has 3 aromatic carbocycles. The van der Waals surface area contributed by atoms with Crippen LogP contribution in [0.25, 0.3) is 0 Å². The number of anilines is 1. The summed E-state index contributed by atoms with van der Waals surface area (Å²) in [5, 5.41) is 3.39. The van der Waals surface area contributed by atoms with Gasteiger partial charge >= 0.3 is 0 Å². The van der Waals surface area contributed by atoms with Crippen LogP contribution in [0.15, 0.2) is 77.7 Å². The van der Waals surface area contributed by atoms with E-state index in [-0.39, 0.29) is 17.5 Å². The summed E-state index contributed by atoms with van der Waals surface area (Å²) < 4.78 is 33.2. The molecule has 0 radical (unpaired) electrons. The monoisotopic (exact) mass is 486 g/mol. The Morgan fingerprint density at radius 2 is 1.61 bits per heavy atom. The molecule has 1 amide bonds. The van der Waals surface area contributed by atoms with E-state index in [0.29, 0.717) is 17.1 Å². The van der Waals surface area contributed by atoms with Crippen LogP contribution in [-0.4, -0.2) is 28.0 Å². The fourth-order valence-electron chi connectivity index (χ4n) is 3.39. The molecule has 0 fully saturated rings. The first-order valence-corrected chi connectivity index (χ1v) is 12.3. The van der Waals surface area contributed by atoms with Crippen LogP contribution in [0.5, 0.6) is 5.75 Å². The SMILES string of the molecule is CC[C@@H](NC(=O)CN(c1ccc(C)cc1)S(=O)(=O)c1ccc(Cl)cc1)c1ccc(OC)cc1. The van der Waals surface area contributed by atoms with Crippen molar-refractivity contribution in [3.05, 3.63) is 88.9 Å². The Hall–Kier alpha value is -3.03. The van der Waals surface area contributed by atoms with Crippen LogP contribution in [0.2, 0.25) is 5.02 Å². The fourth-order valence-corrected chi connectivity index (χ4v) is 4.93. The number of carbonyl (C=O) groups is 1. The average molecular weight is 487 g/mol. The van der Waals surface area contributed by atoms with Gasteiger partial charge in [-0.1, -0.05) is 48.4 Å². The summed E-state index contributed by atoms with van der Waals surface area (Å²) in [6.45, 7) is 3.51. The Morgan fingerprint density at radius 3 is 2.15 bits per heavy atom. The molecule has 0 unspecified atom stereocenters. The highest BCUT2D eigenvalue weighted by molar-refractivity contribution is 7.92. The molecule has 3 aromatic rings. The Balaban J connectivity index is 1.88. The second-order valence-electron chi connectivity index (χ2n) is 7.60. The molecule has 0 aromatic heterocycles. The number of carbonyl (C=O) groups excluding carboxylic acids is 1. The van der Waals surface area contributed by atoms with Gasteiger partial charge in [0.2, 0.25) is 5.91 Å². The maximum atomic E-state index is 13.4. The van der Waals surface area contributed by atoms with E-state index in [9.17, 15) is 13.2 Å². The summed E-state index contributed by atoms with van der Waals surface area (Å²) in [7, 11) is -2.41. The number of aryl methyl sites for hydroxylation is 1. The topological polar surface area (TPSA) is 75.7 Å². The third-order valence-electron chi connectivity index (χ3n) is 5.27.